The normalized spacial score (nSPS) is 13.8. The molecule has 0 aromatic rings. The molecule has 2 unspecified atom stereocenters. The Kier molecular flexibility index (Phi) is 22.1. The van der Waals surface area contributed by atoms with Gasteiger partial charge < -0.3 is 9.47 Å². The lowest BCUT2D eigenvalue weighted by atomic mass is 10.0. The minimum absolute atomic E-state index is 0.223. The Morgan fingerprint density at radius 3 is 1.33 bits per heavy atom. The zero-order valence-corrected chi connectivity index (χ0v) is 19.4. The van der Waals surface area contributed by atoms with Gasteiger partial charge in [-0.1, -0.05) is 110 Å². The van der Waals surface area contributed by atoms with Gasteiger partial charge in [-0.05, 0) is 26.7 Å². The van der Waals surface area contributed by atoms with Crippen LogP contribution in [0.15, 0.2) is 0 Å². The van der Waals surface area contributed by atoms with Gasteiger partial charge in [0.15, 0.2) is 0 Å². The van der Waals surface area contributed by atoms with Crippen molar-refractivity contribution >= 4 is 0 Å². The Labute approximate surface area is 172 Å². The maximum absolute atomic E-state index is 5.81. The molecule has 0 amide bonds. The zero-order valence-electron chi connectivity index (χ0n) is 19.4. The Bertz CT molecular complexity index is 267. The minimum atomic E-state index is 0.223. The first-order chi connectivity index (χ1) is 13.2. The van der Waals surface area contributed by atoms with Gasteiger partial charge in [0.2, 0.25) is 0 Å². The highest BCUT2D eigenvalue weighted by Crippen LogP contribution is 2.13. The quantitative estimate of drug-likeness (QED) is 0.174. The topological polar surface area (TPSA) is 18.5 Å². The second-order valence-corrected chi connectivity index (χ2v) is 8.54. The first kappa shape index (κ1) is 26.9. The van der Waals surface area contributed by atoms with Gasteiger partial charge >= 0.3 is 0 Å². The van der Waals surface area contributed by atoms with Crippen molar-refractivity contribution in [1.29, 1.82) is 0 Å². The van der Waals surface area contributed by atoms with Gasteiger partial charge in [0.05, 0.1) is 18.8 Å². The molecule has 164 valence electrons. The zero-order chi connectivity index (χ0) is 20.0. The van der Waals surface area contributed by atoms with Gasteiger partial charge in [0.25, 0.3) is 0 Å². The van der Waals surface area contributed by atoms with Crippen LogP contribution in [0, 0.1) is 0 Å². The van der Waals surface area contributed by atoms with Crippen molar-refractivity contribution in [2.75, 3.05) is 13.2 Å². The Morgan fingerprint density at radius 2 is 0.926 bits per heavy atom. The van der Waals surface area contributed by atoms with E-state index in [1.807, 2.05) is 0 Å². The molecule has 2 nitrogen and oxygen atoms in total. The molecule has 0 rings (SSSR count). The molecule has 0 radical (unpaired) electrons. The van der Waals surface area contributed by atoms with E-state index in [9.17, 15) is 0 Å². The molecule has 0 saturated carbocycles. The summed E-state index contributed by atoms with van der Waals surface area (Å²) in [6.07, 6.45) is 24.3. The molecule has 0 aliphatic heterocycles. The monoisotopic (exact) mass is 384 g/mol. The lowest BCUT2D eigenvalue weighted by molar-refractivity contribution is -0.0428. The molecule has 0 aromatic carbocycles. The largest absolute Gasteiger partial charge is 0.379 e. The summed E-state index contributed by atoms with van der Waals surface area (Å²) in [6.45, 7) is 10.3. The fourth-order valence-electron chi connectivity index (χ4n) is 3.53. The van der Waals surface area contributed by atoms with E-state index in [4.69, 9.17) is 9.47 Å². The standard InChI is InChI=1S/C25H52O2/c1-5-7-8-9-10-11-12-13-14-15-16-17-18-19-20-21-22-26-23-25(4)27-24(3)6-2/h24-25H,5-23H2,1-4H3. The van der Waals surface area contributed by atoms with Crippen molar-refractivity contribution in [3.63, 3.8) is 0 Å². The fourth-order valence-corrected chi connectivity index (χ4v) is 3.53. The first-order valence-corrected chi connectivity index (χ1v) is 12.4. The highest BCUT2D eigenvalue weighted by atomic mass is 16.5. The van der Waals surface area contributed by atoms with Gasteiger partial charge in [-0.15, -0.1) is 0 Å². The van der Waals surface area contributed by atoms with Gasteiger partial charge in [-0.3, -0.25) is 0 Å². The minimum Gasteiger partial charge on any atom is -0.379 e. The predicted molar refractivity (Wildman–Crippen MR) is 121 cm³/mol. The predicted octanol–water partition coefficient (Wildman–Crippen LogP) is 8.47. The number of ether oxygens (including phenoxy) is 2. The van der Waals surface area contributed by atoms with Crippen molar-refractivity contribution in [1.82, 2.24) is 0 Å². The van der Waals surface area contributed by atoms with Crippen LogP contribution < -0.4 is 0 Å². The van der Waals surface area contributed by atoms with Gasteiger partial charge in [0.1, 0.15) is 0 Å². The van der Waals surface area contributed by atoms with Crippen molar-refractivity contribution in [3.8, 4) is 0 Å². The van der Waals surface area contributed by atoms with Crippen LogP contribution in [0.3, 0.4) is 0 Å². The SMILES string of the molecule is CCCCCCCCCCCCCCCCCCOCC(C)OC(C)CC. The van der Waals surface area contributed by atoms with Crippen molar-refractivity contribution in [2.45, 2.75) is 149 Å². The van der Waals surface area contributed by atoms with Crippen LogP contribution in [-0.4, -0.2) is 25.4 Å². The maximum atomic E-state index is 5.81. The molecule has 0 fully saturated rings. The molecule has 2 heteroatoms. The molecule has 0 aromatic heterocycles. The molecular weight excluding hydrogens is 332 g/mol. The number of hydrogen-bond donors (Lipinski definition) is 0. The molecular formula is C25H52O2. The third-order valence-electron chi connectivity index (χ3n) is 5.53. The van der Waals surface area contributed by atoms with Crippen LogP contribution in [0.1, 0.15) is 137 Å². The Balaban J connectivity index is 3.09. The number of rotatable bonds is 22. The summed E-state index contributed by atoms with van der Waals surface area (Å²) in [6, 6.07) is 0. The van der Waals surface area contributed by atoms with E-state index in [2.05, 4.69) is 27.7 Å². The average Bonchev–Trinajstić information content (AvgIpc) is 2.66. The summed E-state index contributed by atoms with van der Waals surface area (Å²) >= 11 is 0. The van der Waals surface area contributed by atoms with Crippen molar-refractivity contribution < 1.29 is 9.47 Å². The van der Waals surface area contributed by atoms with Crippen LogP contribution in [0.5, 0.6) is 0 Å². The summed E-state index contributed by atoms with van der Waals surface area (Å²) in [5.74, 6) is 0. The molecule has 2 atom stereocenters. The lowest BCUT2D eigenvalue weighted by Crippen LogP contribution is -2.21. The molecule has 0 spiro atoms. The lowest BCUT2D eigenvalue weighted by Gasteiger charge is -2.17. The second kappa shape index (κ2) is 22.2. The van der Waals surface area contributed by atoms with Gasteiger partial charge in [0, 0.05) is 6.61 Å². The summed E-state index contributed by atoms with van der Waals surface area (Å²) in [7, 11) is 0. The van der Waals surface area contributed by atoms with Crippen molar-refractivity contribution in [3.05, 3.63) is 0 Å². The highest BCUT2D eigenvalue weighted by Gasteiger charge is 2.06. The molecule has 0 aliphatic carbocycles. The van der Waals surface area contributed by atoms with E-state index in [0.29, 0.717) is 6.10 Å². The van der Waals surface area contributed by atoms with Gasteiger partial charge in [-0.2, -0.15) is 0 Å². The fraction of sp³-hybridized carbons (Fsp3) is 1.00. The first-order valence-electron chi connectivity index (χ1n) is 12.4. The van der Waals surface area contributed by atoms with Crippen LogP contribution in [0.2, 0.25) is 0 Å². The Morgan fingerprint density at radius 1 is 0.519 bits per heavy atom. The molecule has 0 aliphatic rings. The summed E-state index contributed by atoms with van der Waals surface area (Å²) < 4.78 is 11.5. The molecule has 0 saturated heterocycles. The van der Waals surface area contributed by atoms with Crippen LogP contribution >= 0.6 is 0 Å². The maximum Gasteiger partial charge on any atom is 0.0784 e. The third-order valence-corrected chi connectivity index (χ3v) is 5.53. The number of hydrogen-bond acceptors (Lipinski definition) is 2. The van der Waals surface area contributed by atoms with E-state index in [1.54, 1.807) is 0 Å². The van der Waals surface area contributed by atoms with E-state index < -0.39 is 0 Å². The van der Waals surface area contributed by atoms with E-state index in [-0.39, 0.29) is 6.10 Å². The summed E-state index contributed by atoms with van der Waals surface area (Å²) in [4.78, 5) is 0. The van der Waals surface area contributed by atoms with E-state index in [0.717, 1.165) is 19.6 Å². The van der Waals surface area contributed by atoms with Crippen LogP contribution in [0.25, 0.3) is 0 Å². The van der Waals surface area contributed by atoms with E-state index >= 15 is 0 Å². The molecule has 27 heavy (non-hydrogen) atoms. The summed E-state index contributed by atoms with van der Waals surface area (Å²) in [5.41, 5.74) is 0. The number of unbranched alkanes of at least 4 members (excludes halogenated alkanes) is 15. The highest BCUT2D eigenvalue weighted by molar-refractivity contribution is 4.53. The smallest absolute Gasteiger partial charge is 0.0784 e. The van der Waals surface area contributed by atoms with Crippen molar-refractivity contribution in [2.24, 2.45) is 0 Å². The second-order valence-electron chi connectivity index (χ2n) is 8.54. The molecule has 0 bridgehead atoms. The van der Waals surface area contributed by atoms with Gasteiger partial charge in [-0.25, -0.2) is 0 Å². The third kappa shape index (κ3) is 22.1. The molecule has 0 heterocycles. The van der Waals surface area contributed by atoms with E-state index in [1.165, 1.54) is 103 Å². The van der Waals surface area contributed by atoms with Crippen LogP contribution in [-0.2, 0) is 9.47 Å². The average molecular weight is 385 g/mol. The summed E-state index contributed by atoms with van der Waals surface area (Å²) in [5, 5.41) is 0. The Hall–Kier alpha value is -0.0800. The molecule has 0 N–H and O–H groups in total. The van der Waals surface area contributed by atoms with Crippen LogP contribution in [0.4, 0.5) is 0 Å².